The fraction of sp³-hybridized carbons (Fsp3) is 0.480. The van der Waals surface area contributed by atoms with Gasteiger partial charge >= 0.3 is 5.97 Å². The molecule has 0 saturated carbocycles. The van der Waals surface area contributed by atoms with Crippen LogP contribution in [0.25, 0.3) is 0 Å². The number of rotatable bonds is 18. The van der Waals surface area contributed by atoms with Crippen LogP contribution < -0.4 is 4.74 Å². The lowest BCUT2D eigenvalue weighted by atomic mass is 10.2. The number of hydroxylamine groups is 2. The van der Waals surface area contributed by atoms with Gasteiger partial charge in [-0.25, -0.2) is 4.79 Å². The molecule has 0 bridgehead atoms. The van der Waals surface area contributed by atoms with E-state index in [1.807, 2.05) is 0 Å². The van der Waals surface area contributed by atoms with Crippen molar-refractivity contribution in [3.8, 4) is 5.75 Å². The third kappa shape index (κ3) is 9.34. The van der Waals surface area contributed by atoms with Crippen molar-refractivity contribution in [3.05, 3.63) is 42.0 Å². The molecule has 13 heteroatoms. The Labute approximate surface area is 219 Å². The summed E-state index contributed by atoms with van der Waals surface area (Å²) in [5, 5.41) is 0.503. The SMILES string of the molecule is O=C(ON1C(=O)CCC1=O)c1ccc(OCCOCCOCCOCCOCCN2C(=O)C=CC2=O)cc1. The maximum absolute atomic E-state index is 12.1. The monoisotopic (exact) mass is 534 g/mol. The van der Waals surface area contributed by atoms with Gasteiger partial charge in [0.05, 0.1) is 65.0 Å². The van der Waals surface area contributed by atoms with Gasteiger partial charge in [-0.15, -0.1) is 5.06 Å². The van der Waals surface area contributed by atoms with Crippen molar-refractivity contribution in [3.63, 3.8) is 0 Å². The highest BCUT2D eigenvalue weighted by Crippen LogP contribution is 2.16. The molecular weight excluding hydrogens is 504 g/mol. The molecule has 2 aliphatic heterocycles. The smallest absolute Gasteiger partial charge is 0.363 e. The Morgan fingerprint density at radius 2 is 1.13 bits per heavy atom. The molecule has 0 radical (unpaired) electrons. The van der Waals surface area contributed by atoms with Gasteiger partial charge in [0, 0.05) is 25.0 Å². The minimum absolute atomic E-state index is 0.0352. The zero-order valence-corrected chi connectivity index (χ0v) is 20.8. The number of amides is 4. The van der Waals surface area contributed by atoms with Crippen LogP contribution in [0.15, 0.2) is 36.4 Å². The lowest BCUT2D eigenvalue weighted by Crippen LogP contribution is -2.33. The van der Waals surface area contributed by atoms with Crippen LogP contribution in [-0.2, 0) is 43.0 Å². The summed E-state index contributed by atoms with van der Waals surface area (Å²) < 4.78 is 27.1. The summed E-state index contributed by atoms with van der Waals surface area (Å²) in [7, 11) is 0. The van der Waals surface area contributed by atoms with Gasteiger partial charge in [-0.2, -0.15) is 0 Å². The lowest BCUT2D eigenvalue weighted by Gasteiger charge is -2.13. The van der Waals surface area contributed by atoms with E-state index < -0.39 is 17.8 Å². The van der Waals surface area contributed by atoms with E-state index >= 15 is 0 Å². The summed E-state index contributed by atoms with van der Waals surface area (Å²) in [6.45, 7) is 3.39. The fourth-order valence-electron chi connectivity index (χ4n) is 3.27. The van der Waals surface area contributed by atoms with E-state index in [4.69, 9.17) is 28.5 Å². The van der Waals surface area contributed by atoms with Crippen LogP contribution in [0.3, 0.4) is 0 Å². The van der Waals surface area contributed by atoms with Crippen molar-refractivity contribution in [2.75, 3.05) is 66.0 Å². The van der Waals surface area contributed by atoms with Crippen LogP contribution in [0, 0.1) is 0 Å². The summed E-state index contributed by atoms with van der Waals surface area (Å²) in [5.41, 5.74) is 0.181. The van der Waals surface area contributed by atoms with Gasteiger partial charge in [-0.1, -0.05) is 0 Å². The van der Waals surface area contributed by atoms with Crippen molar-refractivity contribution < 1.29 is 52.5 Å². The first kappa shape index (κ1) is 28.9. The highest BCUT2D eigenvalue weighted by atomic mass is 16.7. The molecule has 1 saturated heterocycles. The number of hydrogen-bond donors (Lipinski definition) is 0. The van der Waals surface area contributed by atoms with Crippen LogP contribution in [0.4, 0.5) is 0 Å². The van der Waals surface area contributed by atoms with Crippen molar-refractivity contribution in [2.45, 2.75) is 12.8 Å². The third-order valence-electron chi connectivity index (χ3n) is 5.24. The maximum atomic E-state index is 12.1. The Hall–Kier alpha value is -3.65. The Bertz CT molecular complexity index is 975. The predicted molar refractivity (Wildman–Crippen MR) is 128 cm³/mol. The van der Waals surface area contributed by atoms with Crippen LogP contribution in [-0.4, -0.2) is 106 Å². The van der Waals surface area contributed by atoms with Gasteiger partial charge in [-0.05, 0) is 24.3 Å². The summed E-state index contributed by atoms with van der Waals surface area (Å²) in [6.07, 6.45) is 2.55. The maximum Gasteiger partial charge on any atom is 0.363 e. The molecule has 206 valence electrons. The van der Waals surface area contributed by atoms with E-state index in [0.29, 0.717) is 63.7 Å². The zero-order chi connectivity index (χ0) is 27.2. The molecule has 0 atom stereocenters. The first-order valence-electron chi connectivity index (χ1n) is 12.1. The standard InChI is InChI=1S/C25H30N2O11/c28-21-5-6-22(29)26(21)9-10-33-11-12-34-13-14-35-15-16-36-17-18-37-20-3-1-19(2-4-20)25(32)38-27-23(30)7-8-24(27)31/h1-6H,7-18H2. The second-order valence-electron chi connectivity index (χ2n) is 7.94. The topological polar surface area (TPSA) is 147 Å². The fourth-order valence-corrected chi connectivity index (χ4v) is 3.27. The highest BCUT2D eigenvalue weighted by Gasteiger charge is 2.33. The van der Waals surface area contributed by atoms with Gasteiger partial charge in [-0.3, -0.25) is 24.1 Å². The molecule has 1 aromatic carbocycles. The predicted octanol–water partition coefficient (Wildman–Crippen LogP) is 0.278. The van der Waals surface area contributed by atoms with E-state index in [1.54, 1.807) is 12.1 Å². The van der Waals surface area contributed by atoms with E-state index in [2.05, 4.69) is 0 Å². The molecule has 0 aromatic heterocycles. The van der Waals surface area contributed by atoms with Crippen LogP contribution in [0.5, 0.6) is 5.75 Å². The van der Waals surface area contributed by atoms with Gasteiger partial charge in [0.2, 0.25) is 0 Å². The number of ether oxygens (including phenoxy) is 5. The van der Waals surface area contributed by atoms with E-state index in [9.17, 15) is 24.0 Å². The molecule has 0 aliphatic carbocycles. The number of benzene rings is 1. The van der Waals surface area contributed by atoms with E-state index in [-0.39, 0.29) is 43.4 Å². The average Bonchev–Trinajstić information content (AvgIpc) is 3.41. The second kappa shape index (κ2) is 15.6. The van der Waals surface area contributed by atoms with Crippen molar-refractivity contribution in [2.24, 2.45) is 0 Å². The normalized spacial score (nSPS) is 15.2. The Balaban J connectivity index is 1.11. The summed E-state index contributed by atoms with van der Waals surface area (Å²) >= 11 is 0. The van der Waals surface area contributed by atoms with Gasteiger partial charge in [0.25, 0.3) is 23.6 Å². The first-order chi connectivity index (χ1) is 18.5. The first-order valence-corrected chi connectivity index (χ1v) is 12.1. The molecule has 38 heavy (non-hydrogen) atoms. The van der Waals surface area contributed by atoms with Crippen LogP contribution in [0.1, 0.15) is 23.2 Å². The highest BCUT2D eigenvalue weighted by molar-refractivity contribution is 6.12. The largest absolute Gasteiger partial charge is 0.491 e. The molecule has 2 heterocycles. The molecule has 4 amide bonds. The molecule has 0 spiro atoms. The lowest BCUT2D eigenvalue weighted by molar-refractivity contribution is -0.172. The third-order valence-corrected chi connectivity index (χ3v) is 5.24. The van der Waals surface area contributed by atoms with Crippen molar-refractivity contribution in [1.29, 1.82) is 0 Å². The summed E-state index contributed by atoms with van der Waals surface area (Å²) in [5.74, 6) is -2.00. The van der Waals surface area contributed by atoms with Crippen molar-refractivity contribution >= 4 is 29.6 Å². The molecular formula is C25H30N2O11. The Kier molecular flexibility index (Phi) is 11.8. The van der Waals surface area contributed by atoms with Crippen LogP contribution in [0.2, 0.25) is 0 Å². The summed E-state index contributed by atoms with van der Waals surface area (Å²) in [6, 6.07) is 6.10. The molecule has 0 unspecified atom stereocenters. The minimum atomic E-state index is -0.800. The number of nitrogens with zero attached hydrogens (tertiary/aromatic N) is 2. The minimum Gasteiger partial charge on any atom is -0.491 e. The van der Waals surface area contributed by atoms with E-state index in [0.717, 1.165) is 4.90 Å². The number of hydrogen-bond acceptors (Lipinski definition) is 11. The number of imide groups is 2. The number of carbonyl (C=O) groups excluding carboxylic acids is 5. The zero-order valence-electron chi connectivity index (χ0n) is 20.8. The molecule has 1 aromatic rings. The van der Waals surface area contributed by atoms with Gasteiger partial charge in [0.15, 0.2) is 0 Å². The van der Waals surface area contributed by atoms with E-state index in [1.165, 1.54) is 24.3 Å². The average molecular weight is 535 g/mol. The quantitative estimate of drug-likeness (QED) is 0.189. The Morgan fingerprint density at radius 1 is 0.658 bits per heavy atom. The molecule has 13 nitrogen and oxygen atoms in total. The summed E-state index contributed by atoms with van der Waals surface area (Å²) in [4.78, 5) is 63.9. The molecule has 2 aliphatic rings. The van der Waals surface area contributed by atoms with Crippen molar-refractivity contribution in [1.82, 2.24) is 9.96 Å². The second-order valence-corrected chi connectivity index (χ2v) is 7.94. The molecule has 3 rings (SSSR count). The van der Waals surface area contributed by atoms with Crippen LogP contribution >= 0.6 is 0 Å². The molecule has 0 N–H and O–H groups in total. The number of carbonyl (C=O) groups is 5. The Morgan fingerprint density at radius 3 is 1.66 bits per heavy atom. The van der Waals surface area contributed by atoms with Gasteiger partial charge in [0.1, 0.15) is 12.4 Å². The molecule has 1 fully saturated rings. The van der Waals surface area contributed by atoms with Gasteiger partial charge < -0.3 is 28.5 Å².